The molecule has 4 aromatic rings. The highest BCUT2D eigenvalue weighted by Crippen LogP contribution is 2.30. The first-order chi connectivity index (χ1) is 16.4. The van der Waals surface area contributed by atoms with E-state index in [1.165, 1.54) is 35.1 Å². The van der Waals surface area contributed by atoms with Crippen LogP contribution in [-0.4, -0.2) is 24.1 Å². The van der Waals surface area contributed by atoms with Gasteiger partial charge in [0.15, 0.2) is 0 Å². The molecular weight excluding hydrogens is 505 g/mol. The van der Waals surface area contributed by atoms with Crippen molar-refractivity contribution in [3.05, 3.63) is 88.6 Å². The van der Waals surface area contributed by atoms with Crippen LogP contribution in [0.1, 0.15) is 16.7 Å². The fourth-order valence-corrected chi connectivity index (χ4v) is 4.53. The molecule has 0 unspecified atom stereocenters. The van der Waals surface area contributed by atoms with Crippen molar-refractivity contribution < 1.29 is 26.4 Å². The van der Waals surface area contributed by atoms with E-state index in [9.17, 15) is 26.4 Å². The first-order valence-corrected chi connectivity index (χ1v) is 12.1. The van der Waals surface area contributed by atoms with E-state index in [4.69, 9.17) is 16.7 Å². The molecule has 3 aromatic carbocycles. The Morgan fingerprint density at radius 1 is 1.09 bits per heavy atom. The van der Waals surface area contributed by atoms with Crippen LogP contribution in [-0.2, 0) is 34.0 Å². The summed E-state index contributed by atoms with van der Waals surface area (Å²) in [6.07, 6.45) is -3.21. The van der Waals surface area contributed by atoms with Crippen molar-refractivity contribution in [2.75, 3.05) is 5.32 Å². The zero-order valence-electron chi connectivity index (χ0n) is 17.9. The zero-order valence-corrected chi connectivity index (χ0v) is 19.5. The summed E-state index contributed by atoms with van der Waals surface area (Å²) >= 11 is 6.10. The lowest BCUT2D eigenvalue weighted by Crippen LogP contribution is -2.17. The normalized spacial score (nSPS) is 12.1. The number of anilines is 1. The van der Waals surface area contributed by atoms with Crippen molar-refractivity contribution in [2.24, 2.45) is 5.14 Å². The predicted molar refractivity (Wildman–Crippen MR) is 125 cm³/mol. The van der Waals surface area contributed by atoms with Crippen molar-refractivity contribution in [1.29, 1.82) is 0 Å². The number of primary sulfonamides is 1. The molecule has 0 fully saturated rings. The van der Waals surface area contributed by atoms with Gasteiger partial charge in [0.25, 0.3) is 0 Å². The molecular formula is C23H18ClF3N4O3S. The maximum atomic E-state index is 12.8. The molecule has 182 valence electrons. The summed E-state index contributed by atoms with van der Waals surface area (Å²) in [6.45, 7) is 0.0583. The number of fused-ring (bicyclic) bond motifs is 1. The second-order valence-electron chi connectivity index (χ2n) is 7.77. The summed E-state index contributed by atoms with van der Waals surface area (Å²) in [5, 5.41) is 12.8. The van der Waals surface area contributed by atoms with E-state index in [1.54, 1.807) is 24.3 Å². The van der Waals surface area contributed by atoms with Gasteiger partial charge in [0.05, 0.1) is 35.1 Å². The smallest absolute Gasteiger partial charge is 0.326 e. The Labute approximate surface area is 203 Å². The van der Waals surface area contributed by atoms with Crippen molar-refractivity contribution in [1.82, 2.24) is 9.78 Å². The minimum absolute atomic E-state index is 0.0484. The van der Waals surface area contributed by atoms with Crippen molar-refractivity contribution in [3.63, 3.8) is 0 Å². The Morgan fingerprint density at radius 2 is 1.77 bits per heavy atom. The Morgan fingerprint density at radius 3 is 2.40 bits per heavy atom. The molecule has 3 N–H and O–H groups in total. The quantitative estimate of drug-likeness (QED) is 0.386. The van der Waals surface area contributed by atoms with E-state index in [0.29, 0.717) is 21.7 Å². The SMILES string of the molecule is NS(=O)(=O)c1cc(NC(=O)Cc2ccccc2Cl)cc2c1cnn2Cc1ccc(C(F)(F)F)cc1. The standard InChI is InChI=1S/C23H18ClF3N4O3S/c24-19-4-2-1-3-15(19)9-22(32)30-17-10-20-18(21(11-17)35(28,33)34)12-29-31(20)13-14-5-7-16(8-6-14)23(25,26)27/h1-8,10-12H,9,13H2,(H,30,32)(H2,28,33,34). The summed E-state index contributed by atoms with van der Waals surface area (Å²) in [4.78, 5) is 12.3. The van der Waals surface area contributed by atoms with Gasteiger partial charge in [0, 0.05) is 16.1 Å². The van der Waals surface area contributed by atoms with Crippen LogP contribution in [0.2, 0.25) is 5.02 Å². The van der Waals surface area contributed by atoms with Gasteiger partial charge in [-0.05, 0) is 41.5 Å². The number of hydrogen-bond donors (Lipinski definition) is 2. The monoisotopic (exact) mass is 522 g/mol. The molecule has 0 saturated carbocycles. The third-order valence-electron chi connectivity index (χ3n) is 5.24. The second-order valence-corrected chi connectivity index (χ2v) is 9.70. The molecule has 35 heavy (non-hydrogen) atoms. The molecule has 4 rings (SSSR count). The molecule has 0 radical (unpaired) electrons. The van der Waals surface area contributed by atoms with E-state index in [-0.39, 0.29) is 28.9 Å². The van der Waals surface area contributed by atoms with Gasteiger partial charge in [-0.15, -0.1) is 0 Å². The average molecular weight is 523 g/mol. The summed E-state index contributed by atoms with van der Waals surface area (Å²) in [5.74, 6) is -0.438. The molecule has 7 nitrogen and oxygen atoms in total. The van der Waals surface area contributed by atoms with Gasteiger partial charge < -0.3 is 5.32 Å². The van der Waals surface area contributed by atoms with Crippen LogP contribution in [0.25, 0.3) is 10.9 Å². The van der Waals surface area contributed by atoms with Gasteiger partial charge in [-0.3, -0.25) is 9.48 Å². The lowest BCUT2D eigenvalue weighted by molar-refractivity contribution is -0.137. The molecule has 1 aromatic heterocycles. The highest BCUT2D eigenvalue weighted by molar-refractivity contribution is 7.89. The third-order valence-corrected chi connectivity index (χ3v) is 6.56. The lowest BCUT2D eigenvalue weighted by atomic mass is 10.1. The number of alkyl halides is 3. The van der Waals surface area contributed by atoms with Crippen LogP contribution < -0.4 is 10.5 Å². The fraction of sp³-hybridized carbons (Fsp3) is 0.130. The van der Waals surface area contributed by atoms with Crippen molar-refractivity contribution >= 4 is 44.1 Å². The van der Waals surface area contributed by atoms with Crippen molar-refractivity contribution in [3.8, 4) is 0 Å². The third kappa shape index (κ3) is 5.64. The molecule has 0 atom stereocenters. The van der Waals surface area contributed by atoms with E-state index in [0.717, 1.165) is 12.1 Å². The summed E-state index contributed by atoms with van der Waals surface area (Å²) in [6, 6.07) is 14.1. The van der Waals surface area contributed by atoms with Gasteiger partial charge in [0.2, 0.25) is 15.9 Å². The number of amides is 1. The fourth-order valence-electron chi connectivity index (χ4n) is 3.57. The van der Waals surface area contributed by atoms with Crippen LogP contribution in [0.15, 0.2) is 71.8 Å². The number of nitrogens with one attached hydrogen (secondary N) is 1. The van der Waals surface area contributed by atoms with Gasteiger partial charge in [0.1, 0.15) is 0 Å². The molecule has 1 heterocycles. The summed E-state index contributed by atoms with van der Waals surface area (Å²) in [5.41, 5.74) is 0.795. The molecule has 0 spiro atoms. The number of nitrogens with zero attached hydrogens (tertiary/aromatic N) is 2. The summed E-state index contributed by atoms with van der Waals surface area (Å²) in [7, 11) is -4.19. The zero-order chi connectivity index (χ0) is 25.4. The van der Waals surface area contributed by atoms with Crippen molar-refractivity contribution in [2.45, 2.75) is 24.0 Å². The van der Waals surface area contributed by atoms with Gasteiger partial charge in [-0.1, -0.05) is 41.9 Å². The minimum Gasteiger partial charge on any atom is -0.326 e. The molecule has 0 saturated heterocycles. The largest absolute Gasteiger partial charge is 0.416 e. The van der Waals surface area contributed by atoms with Crippen LogP contribution in [0.3, 0.4) is 0 Å². The Hall–Kier alpha value is -3.41. The Balaban J connectivity index is 1.67. The number of benzene rings is 3. The highest BCUT2D eigenvalue weighted by atomic mass is 35.5. The van der Waals surface area contributed by atoms with Gasteiger partial charge in [-0.25, -0.2) is 13.6 Å². The van der Waals surface area contributed by atoms with Crippen LogP contribution in [0.4, 0.5) is 18.9 Å². The maximum absolute atomic E-state index is 12.8. The number of carbonyl (C=O) groups is 1. The van der Waals surface area contributed by atoms with E-state index in [2.05, 4.69) is 10.4 Å². The second kappa shape index (κ2) is 9.33. The number of aromatic nitrogens is 2. The van der Waals surface area contributed by atoms with E-state index >= 15 is 0 Å². The van der Waals surface area contributed by atoms with Gasteiger partial charge in [-0.2, -0.15) is 18.3 Å². The molecule has 0 aliphatic rings. The van der Waals surface area contributed by atoms with E-state index < -0.39 is 27.7 Å². The molecule has 0 aliphatic carbocycles. The predicted octanol–water partition coefficient (Wildman–Crippen LogP) is 4.59. The average Bonchev–Trinajstić information content (AvgIpc) is 3.16. The minimum atomic E-state index is -4.46. The topological polar surface area (TPSA) is 107 Å². The highest BCUT2D eigenvalue weighted by Gasteiger charge is 2.30. The molecule has 12 heteroatoms. The number of nitrogens with two attached hydrogens (primary N) is 1. The molecule has 0 bridgehead atoms. The number of hydrogen-bond acceptors (Lipinski definition) is 4. The van der Waals surface area contributed by atoms with E-state index in [1.807, 2.05) is 0 Å². The molecule has 0 aliphatic heterocycles. The number of carbonyl (C=O) groups excluding carboxylic acids is 1. The first-order valence-electron chi connectivity index (χ1n) is 10.1. The maximum Gasteiger partial charge on any atom is 0.416 e. The van der Waals surface area contributed by atoms with Crippen LogP contribution in [0.5, 0.6) is 0 Å². The Kier molecular flexibility index (Phi) is 6.58. The lowest BCUT2D eigenvalue weighted by Gasteiger charge is -2.11. The number of sulfonamides is 1. The number of halogens is 4. The number of rotatable bonds is 6. The molecule has 1 amide bonds. The summed E-state index contributed by atoms with van der Waals surface area (Å²) < 4.78 is 64.4. The van der Waals surface area contributed by atoms with Gasteiger partial charge >= 0.3 is 6.18 Å². The van der Waals surface area contributed by atoms with Crippen LogP contribution >= 0.6 is 11.6 Å². The van der Waals surface area contributed by atoms with Crippen LogP contribution in [0, 0.1) is 0 Å². The first kappa shape index (κ1) is 24.7. The Bertz CT molecular complexity index is 1520.